The van der Waals surface area contributed by atoms with Gasteiger partial charge in [0, 0.05) is 50.9 Å². The van der Waals surface area contributed by atoms with Crippen molar-refractivity contribution in [1.29, 1.82) is 0 Å². The fourth-order valence-electron chi connectivity index (χ4n) is 4.19. The first kappa shape index (κ1) is 24.9. The van der Waals surface area contributed by atoms with Crippen LogP contribution in [0.25, 0.3) is 0 Å². The quantitative estimate of drug-likeness (QED) is 0.382. The molecule has 0 bridgehead atoms. The number of aromatic nitrogens is 2. The number of carbonyl (C=O) groups excluding carboxylic acids is 1. The molecule has 6 nitrogen and oxygen atoms in total. The van der Waals surface area contributed by atoms with E-state index in [1.807, 2.05) is 11.8 Å². The lowest BCUT2D eigenvalue weighted by Gasteiger charge is -2.37. The summed E-state index contributed by atoms with van der Waals surface area (Å²) in [5.74, 6) is -0.623. The molecule has 2 heterocycles. The predicted molar refractivity (Wildman–Crippen MR) is 134 cm³/mol. The summed E-state index contributed by atoms with van der Waals surface area (Å²) in [7, 11) is 1.65. The molecular weight excluding hydrogens is 470 g/mol. The summed E-state index contributed by atoms with van der Waals surface area (Å²) in [6, 6.07) is 12.7. The van der Waals surface area contributed by atoms with Gasteiger partial charge in [-0.15, -0.1) is 0 Å². The summed E-state index contributed by atoms with van der Waals surface area (Å²) in [4.78, 5) is 34.5. The van der Waals surface area contributed by atoms with Gasteiger partial charge in [0.2, 0.25) is 5.91 Å². The zero-order valence-electron chi connectivity index (χ0n) is 20.0. The van der Waals surface area contributed by atoms with Crippen molar-refractivity contribution in [3.8, 4) is 0 Å². The molecule has 1 fully saturated rings. The molecule has 1 aliphatic rings. The number of piperazine rings is 1. The molecule has 2 aromatic carbocycles. The SMILES string of the molecule is Cc1nc(SC(C)C(=O)N2CCN(c3ccccc3F)CC2)n(C)c(=O)c1Cc1ccc(F)cc1. The number of halogens is 2. The topological polar surface area (TPSA) is 58.4 Å². The first-order valence-electron chi connectivity index (χ1n) is 11.5. The lowest BCUT2D eigenvalue weighted by Crippen LogP contribution is -2.51. The molecule has 3 aromatic rings. The van der Waals surface area contributed by atoms with Crippen molar-refractivity contribution >= 4 is 23.4 Å². The third-order valence-corrected chi connectivity index (χ3v) is 7.39. The van der Waals surface area contributed by atoms with Crippen LogP contribution in [0.5, 0.6) is 0 Å². The molecule has 0 radical (unpaired) electrons. The van der Waals surface area contributed by atoms with Crippen LogP contribution in [-0.2, 0) is 18.3 Å². The second-order valence-corrected chi connectivity index (χ2v) is 9.96. The lowest BCUT2D eigenvalue weighted by atomic mass is 10.1. The molecule has 35 heavy (non-hydrogen) atoms. The Balaban J connectivity index is 1.41. The Morgan fingerprint density at radius 1 is 1.06 bits per heavy atom. The number of para-hydroxylation sites is 1. The maximum atomic E-state index is 14.1. The maximum absolute atomic E-state index is 14.1. The van der Waals surface area contributed by atoms with Gasteiger partial charge in [-0.05, 0) is 43.7 Å². The molecule has 0 saturated carbocycles. The van der Waals surface area contributed by atoms with Gasteiger partial charge in [0.05, 0.1) is 10.9 Å². The number of benzene rings is 2. The average Bonchev–Trinajstić information content (AvgIpc) is 2.86. The molecule has 1 unspecified atom stereocenters. The fraction of sp³-hybridized carbons (Fsp3) is 0.346. The van der Waals surface area contributed by atoms with Crippen molar-refractivity contribution in [1.82, 2.24) is 14.5 Å². The largest absolute Gasteiger partial charge is 0.366 e. The summed E-state index contributed by atoms with van der Waals surface area (Å²) in [6.45, 7) is 5.69. The van der Waals surface area contributed by atoms with E-state index >= 15 is 0 Å². The Bertz CT molecular complexity index is 1270. The summed E-state index contributed by atoms with van der Waals surface area (Å²) in [5, 5.41) is 0.0386. The van der Waals surface area contributed by atoms with Crippen LogP contribution >= 0.6 is 11.8 Å². The fourth-order valence-corrected chi connectivity index (χ4v) is 5.18. The summed E-state index contributed by atoms with van der Waals surface area (Å²) < 4.78 is 28.8. The molecule has 1 atom stereocenters. The number of hydrogen-bond donors (Lipinski definition) is 0. The van der Waals surface area contributed by atoms with E-state index in [0.29, 0.717) is 54.7 Å². The van der Waals surface area contributed by atoms with E-state index in [4.69, 9.17) is 0 Å². The number of nitrogens with zero attached hydrogens (tertiary/aromatic N) is 4. The Morgan fingerprint density at radius 2 is 1.71 bits per heavy atom. The van der Waals surface area contributed by atoms with Gasteiger partial charge in [0.1, 0.15) is 11.6 Å². The minimum atomic E-state index is -0.435. The Morgan fingerprint density at radius 3 is 2.37 bits per heavy atom. The van der Waals surface area contributed by atoms with Crippen LogP contribution in [0, 0.1) is 18.6 Å². The van der Waals surface area contributed by atoms with Crippen molar-refractivity contribution in [3.05, 3.63) is 87.3 Å². The van der Waals surface area contributed by atoms with Crippen molar-refractivity contribution in [2.45, 2.75) is 30.7 Å². The van der Waals surface area contributed by atoms with Gasteiger partial charge in [-0.1, -0.05) is 36.0 Å². The molecule has 1 aliphatic heterocycles. The lowest BCUT2D eigenvalue weighted by molar-refractivity contribution is -0.130. The molecule has 1 saturated heterocycles. The van der Waals surface area contributed by atoms with Crippen LogP contribution < -0.4 is 10.5 Å². The second kappa shape index (κ2) is 10.6. The maximum Gasteiger partial charge on any atom is 0.257 e. The summed E-state index contributed by atoms with van der Waals surface area (Å²) >= 11 is 1.25. The molecule has 0 aliphatic carbocycles. The van der Waals surface area contributed by atoms with Crippen LogP contribution in [0.2, 0.25) is 0 Å². The van der Waals surface area contributed by atoms with Gasteiger partial charge in [-0.2, -0.15) is 0 Å². The van der Waals surface area contributed by atoms with E-state index in [0.717, 1.165) is 5.56 Å². The number of rotatable bonds is 6. The van der Waals surface area contributed by atoms with Crippen molar-refractivity contribution in [2.24, 2.45) is 7.05 Å². The van der Waals surface area contributed by atoms with Gasteiger partial charge in [0.25, 0.3) is 5.56 Å². The third kappa shape index (κ3) is 5.56. The minimum absolute atomic E-state index is 0.0366. The highest BCUT2D eigenvalue weighted by Crippen LogP contribution is 2.25. The van der Waals surface area contributed by atoms with E-state index in [1.165, 1.54) is 34.5 Å². The highest BCUT2D eigenvalue weighted by atomic mass is 32.2. The standard InChI is InChI=1S/C26H28F2N4O2S/c1-17-21(16-19-8-10-20(27)11-9-19)25(34)30(3)26(29-17)35-18(2)24(33)32-14-12-31(13-15-32)23-7-5-4-6-22(23)28/h4-11,18H,12-16H2,1-3H3. The first-order valence-corrected chi connectivity index (χ1v) is 12.4. The van der Waals surface area contributed by atoms with Crippen LogP contribution in [0.15, 0.2) is 58.5 Å². The second-order valence-electron chi connectivity index (χ2n) is 8.65. The first-order chi connectivity index (χ1) is 16.7. The highest BCUT2D eigenvalue weighted by molar-refractivity contribution is 8.00. The van der Waals surface area contributed by atoms with Crippen LogP contribution in [0.1, 0.15) is 23.7 Å². The Kier molecular flexibility index (Phi) is 7.54. The molecule has 184 valence electrons. The number of carbonyl (C=O) groups is 1. The van der Waals surface area contributed by atoms with Crippen LogP contribution in [0.4, 0.5) is 14.5 Å². The normalized spacial score (nSPS) is 14.8. The zero-order chi connectivity index (χ0) is 25.1. The molecule has 0 N–H and O–H groups in total. The molecule has 1 aromatic heterocycles. The predicted octanol–water partition coefficient (Wildman–Crippen LogP) is 3.79. The Labute approximate surface area is 207 Å². The van der Waals surface area contributed by atoms with Gasteiger partial charge >= 0.3 is 0 Å². The van der Waals surface area contributed by atoms with Gasteiger partial charge in [-0.25, -0.2) is 13.8 Å². The minimum Gasteiger partial charge on any atom is -0.366 e. The summed E-state index contributed by atoms with van der Waals surface area (Å²) in [5.41, 5.74) is 2.34. The number of hydrogen-bond acceptors (Lipinski definition) is 5. The van der Waals surface area contributed by atoms with Crippen LogP contribution in [0.3, 0.4) is 0 Å². The number of amides is 1. The number of aryl methyl sites for hydroxylation is 1. The Hall–Kier alpha value is -3.20. The number of thioether (sulfide) groups is 1. The van der Waals surface area contributed by atoms with E-state index in [9.17, 15) is 18.4 Å². The van der Waals surface area contributed by atoms with E-state index < -0.39 is 5.25 Å². The van der Waals surface area contributed by atoms with Gasteiger partial charge in [-0.3, -0.25) is 14.2 Å². The van der Waals surface area contributed by atoms with Crippen LogP contribution in [-0.4, -0.2) is 51.8 Å². The molecule has 4 rings (SSSR count). The summed E-state index contributed by atoms with van der Waals surface area (Å²) in [6.07, 6.45) is 0.359. The van der Waals surface area contributed by atoms with E-state index in [2.05, 4.69) is 4.98 Å². The smallest absolute Gasteiger partial charge is 0.257 e. The van der Waals surface area contributed by atoms with Crippen molar-refractivity contribution < 1.29 is 13.6 Å². The van der Waals surface area contributed by atoms with Crippen molar-refractivity contribution in [2.75, 3.05) is 31.1 Å². The molecular formula is C26H28F2N4O2S. The zero-order valence-corrected chi connectivity index (χ0v) is 20.8. The molecule has 1 amide bonds. The molecule has 0 spiro atoms. The monoisotopic (exact) mass is 498 g/mol. The molecule has 9 heteroatoms. The van der Waals surface area contributed by atoms with Crippen molar-refractivity contribution in [3.63, 3.8) is 0 Å². The average molecular weight is 499 g/mol. The van der Waals surface area contributed by atoms with Gasteiger partial charge in [0.15, 0.2) is 5.16 Å². The number of anilines is 1. The van der Waals surface area contributed by atoms with E-state index in [-0.39, 0.29) is 23.1 Å². The third-order valence-electron chi connectivity index (χ3n) is 6.26. The highest BCUT2D eigenvalue weighted by Gasteiger charge is 2.27. The van der Waals surface area contributed by atoms with Gasteiger partial charge < -0.3 is 9.80 Å². The van der Waals surface area contributed by atoms with E-state index in [1.54, 1.807) is 49.2 Å².